The number of ether oxygens (including phenoxy) is 1. The molecule has 0 heterocycles. The number of carbonyl (C=O) groups excluding carboxylic acids is 1. The fourth-order valence-corrected chi connectivity index (χ4v) is 0.666. The van der Waals surface area contributed by atoms with Crippen LogP contribution in [0.1, 0.15) is 12.8 Å². The summed E-state index contributed by atoms with van der Waals surface area (Å²) in [5, 5.41) is 8.83. The van der Waals surface area contributed by atoms with Crippen LogP contribution in [-0.2, 0) is 9.53 Å². The Hall–Kier alpha value is -1.11. The van der Waals surface area contributed by atoms with Gasteiger partial charge in [-0.05, 0) is 0 Å². The molecular weight excluding hydrogens is 220 g/mol. The SMILES string of the molecule is C=CC(=O)OC(O)CCC(F)(F)C(F)F. The molecule has 3 nitrogen and oxygen atoms in total. The van der Waals surface area contributed by atoms with Gasteiger partial charge in [-0.3, -0.25) is 0 Å². The lowest BCUT2D eigenvalue weighted by Gasteiger charge is -2.17. The average molecular weight is 230 g/mol. The summed E-state index contributed by atoms with van der Waals surface area (Å²) < 4.78 is 52.0. The minimum atomic E-state index is -4.19. The Labute approximate surface area is 83.3 Å². The zero-order valence-electron chi connectivity index (χ0n) is 7.63. The van der Waals surface area contributed by atoms with Gasteiger partial charge >= 0.3 is 18.3 Å². The van der Waals surface area contributed by atoms with Crippen molar-refractivity contribution in [3.8, 4) is 0 Å². The van der Waals surface area contributed by atoms with Crippen molar-refractivity contribution in [3.63, 3.8) is 0 Å². The highest BCUT2D eigenvalue weighted by Gasteiger charge is 2.40. The van der Waals surface area contributed by atoms with Gasteiger partial charge in [0.2, 0.25) is 6.29 Å². The van der Waals surface area contributed by atoms with E-state index in [2.05, 4.69) is 11.3 Å². The molecule has 1 N–H and O–H groups in total. The highest BCUT2D eigenvalue weighted by atomic mass is 19.3. The van der Waals surface area contributed by atoms with Gasteiger partial charge < -0.3 is 9.84 Å². The Morgan fingerprint density at radius 1 is 1.53 bits per heavy atom. The molecule has 0 bridgehead atoms. The molecule has 7 heteroatoms. The number of esters is 1. The Bertz CT molecular complexity index is 230. The van der Waals surface area contributed by atoms with Crippen LogP contribution in [0.25, 0.3) is 0 Å². The van der Waals surface area contributed by atoms with Crippen LogP contribution in [-0.4, -0.2) is 29.7 Å². The molecule has 88 valence electrons. The van der Waals surface area contributed by atoms with Gasteiger partial charge in [-0.1, -0.05) is 6.58 Å². The molecule has 0 aliphatic heterocycles. The molecule has 1 unspecified atom stereocenters. The molecule has 0 radical (unpaired) electrons. The number of hydrogen-bond acceptors (Lipinski definition) is 3. The lowest BCUT2D eigenvalue weighted by Crippen LogP contribution is -2.29. The molecule has 0 aromatic carbocycles. The van der Waals surface area contributed by atoms with Crippen LogP contribution in [0.3, 0.4) is 0 Å². The van der Waals surface area contributed by atoms with Crippen LogP contribution >= 0.6 is 0 Å². The number of halogens is 4. The summed E-state index contributed by atoms with van der Waals surface area (Å²) in [7, 11) is 0. The van der Waals surface area contributed by atoms with E-state index in [1.54, 1.807) is 0 Å². The molecular formula is C8H10F4O3. The first-order valence-corrected chi connectivity index (χ1v) is 3.96. The van der Waals surface area contributed by atoms with E-state index in [0.29, 0.717) is 6.08 Å². The maximum Gasteiger partial charge on any atom is 0.332 e. The normalized spacial score (nSPS) is 13.7. The minimum Gasteiger partial charge on any atom is -0.433 e. The van der Waals surface area contributed by atoms with Crippen LogP contribution in [0.4, 0.5) is 17.6 Å². The molecule has 0 aliphatic carbocycles. The summed E-state index contributed by atoms with van der Waals surface area (Å²) in [6.45, 7) is 3.00. The van der Waals surface area contributed by atoms with Gasteiger partial charge in [-0.2, -0.15) is 0 Å². The van der Waals surface area contributed by atoms with Crippen molar-refractivity contribution in [3.05, 3.63) is 12.7 Å². The molecule has 0 amide bonds. The number of hydrogen-bond donors (Lipinski definition) is 1. The fourth-order valence-electron chi connectivity index (χ4n) is 0.666. The van der Waals surface area contributed by atoms with Crippen molar-refractivity contribution in [2.75, 3.05) is 0 Å². The van der Waals surface area contributed by atoms with Crippen LogP contribution in [0.15, 0.2) is 12.7 Å². The molecule has 0 saturated heterocycles. The number of rotatable bonds is 6. The zero-order chi connectivity index (χ0) is 12.1. The van der Waals surface area contributed by atoms with Gasteiger partial charge in [0, 0.05) is 18.9 Å². The zero-order valence-corrected chi connectivity index (χ0v) is 7.63. The van der Waals surface area contributed by atoms with Crippen molar-refractivity contribution in [1.82, 2.24) is 0 Å². The Kier molecular flexibility index (Phi) is 5.27. The molecule has 1 atom stereocenters. The van der Waals surface area contributed by atoms with Crippen molar-refractivity contribution in [1.29, 1.82) is 0 Å². The Balaban J connectivity index is 3.95. The predicted octanol–water partition coefficient (Wildman–Crippen LogP) is 1.71. The monoisotopic (exact) mass is 230 g/mol. The Morgan fingerprint density at radius 3 is 2.47 bits per heavy atom. The lowest BCUT2D eigenvalue weighted by atomic mass is 10.2. The quantitative estimate of drug-likeness (QED) is 0.327. The van der Waals surface area contributed by atoms with E-state index < -0.39 is 37.4 Å². The number of aliphatic hydroxyl groups is 1. The van der Waals surface area contributed by atoms with Crippen LogP contribution in [0.5, 0.6) is 0 Å². The summed E-state index contributed by atoms with van der Waals surface area (Å²) in [5.41, 5.74) is 0. The summed E-state index contributed by atoms with van der Waals surface area (Å²) >= 11 is 0. The molecule has 15 heavy (non-hydrogen) atoms. The van der Waals surface area contributed by atoms with Crippen LogP contribution in [0, 0.1) is 0 Å². The maximum atomic E-state index is 12.3. The van der Waals surface area contributed by atoms with Crippen molar-refractivity contribution < 1.29 is 32.2 Å². The number of aliphatic hydroxyl groups excluding tert-OH is 1. The third kappa shape index (κ3) is 5.36. The first kappa shape index (κ1) is 13.9. The van der Waals surface area contributed by atoms with E-state index in [-0.39, 0.29) is 0 Å². The Morgan fingerprint density at radius 2 is 2.07 bits per heavy atom. The standard InChI is InChI=1S/C8H10F4O3/c1-2-5(13)15-6(14)3-4-8(11,12)7(9)10/h2,6-7,14H,1,3-4H2. The lowest BCUT2D eigenvalue weighted by molar-refractivity contribution is -0.173. The largest absolute Gasteiger partial charge is 0.433 e. The highest BCUT2D eigenvalue weighted by Crippen LogP contribution is 2.28. The third-order valence-corrected chi connectivity index (χ3v) is 1.46. The topological polar surface area (TPSA) is 46.5 Å². The van der Waals surface area contributed by atoms with Gasteiger partial charge in [0.25, 0.3) is 0 Å². The van der Waals surface area contributed by atoms with Gasteiger partial charge in [0.1, 0.15) is 0 Å². The number of alkyl halides is 4. The van der Waals surface area contributed by atoms with E-state index in [9.17, 15) is 22.4 Å². The minimum absolute atomic E-state index is 0.717. The molecule has 0 aliphatic rings. The second kappa shape index (κ2) is 5.69. The maximum absolute atomic E-state index is 12.3. The summed E-state index contributed by atoms with van der Waals surface area (Å²) in [5.74, 6) is -5.20. The van der Waals surface area contributed by atoms with Gasteiger partial charge in [-0.15, -0.1) is 0 Å². The summed E-state index contributed by atoms with van der Waals surface area (Å²) in [6, 6.07) is 0. The first-order chi connectivity index (χ1) is 6.79. The van der Waals surface area contributed by atoms with Gasteiger partial charge in [-0.25, -0.2) is 22.4 Å². The van der Waals surface area contributed by atoms with E-state index in [0.717, 1.165) is 0 Å². The molecule has 0 aromatic rings. The average Bonchev–Trinajstić information content (AvgIpc) is 2.14. The number of carbonyl (C=O) groups is 1. The molecule has 0 saturated carbocycles. The summed E-state index contributed by atoms with van der Waals surface area (Å²) in [4.78, 5) is 10.4. The van der Waals surface area contributed by atoms with Crippen LogP contribution in [0.2, 0.25) is 0 Å². The molecule has 0 fully saturated rings. The van der Waals surface area contributed by atoms with E-state index in [4.69, 9.17) is 5.11 Å². The highest BCUT2D eigenvalue weighted by molar-refractivity contribution is 5.81. The van der Waals surface area contributed by atoms with Gasteiger partial charge in [0.05, 0.1) is 0 Å². The van der Waals surface area contributed by atoms with E-state index in [1.807, 2.05) is 0 Å². The predicted molar refractivity (Wildman–Crippen MR) is 42.5 cm³/mol. The van der Waals surface area contributed by atoms with Crippen LogP contribution < -0.4 is 0 Å². The van der Waals surface area contributed by atoms with E-state index in [1.165, 1.54) is 0 Å². The third-order valence-electron chi connectivity index (χ3n) is 1.46. The fraction of sp³-hybridized carbons (Fsp3) is 0.625. The first-order valence-electron chi connectivity index (χ1n) is 3.96. The van der Waals surface area contributed by atoms with Crippen molar-refractivity contribution >= 4 is 5.97 Å². The van der Waals surface area contributed by atoms with Crippen molar-refractivity contribution in [2.45, 2.75) is 31.5 Å². The van der Waals surface area contributed by atoms with Gasteiger partial charge in [0.15, 0.2) is 0 Å². The molecule has 0 aromatic heterocycles. The summed E-state index contributed by atoms with van der Waals surface area (Å²) in [6.07, 6.45) is -6.96. The van der Waals surface area contributed by atoms with Crippen molar-refractivity contribution in [2.24, 2.45) is 0 Å². The molecule has 0 rings (SSSR count). The van der Waals surface area contributed by atoms with E-state index >= 15 is 0 Å². The molecule has 0 spiro atoms. The smallest absolute Gasteiger partial charge is 0.332 e. The second-order valence-electron chi connectivity index (χ2n) is 2.70. The second-order valence-corrected chi connectivity index (χ2v) is 2.70.